The molecule has 168 valence electrons. The molecule has 1 aromatic carbocycles. The van der Waals surface area contributed by atoms with E-state index in [1.54, 1.807) is 12.1 Å². The number of carbonyl (C=O) groups is 2. The Labute approximate surface area is 187 Å². The molecule has 1 aliphatic rings. The molecular formula is C21H30ClN7O2. The first-order valence-corrected chi connectivity index (χ1v) is 10.1. The topological polar surface area (TPSA) is 153 Å². The third-order valence-corrected chi connectivity index (χ3v) is 5.75. The number of halogens is 1. The van der Waals surface area contributed by atoms with Gasteiger partial charge in [-0.2, -0.15) is 0 Å². The summed E-state index contributed by atoms with van der Waals surface area (Å²) in [5.41, 5.74) is 17.7. The fourth-order valence-electron chi connectivity index (χ4n) is 3.63. The van der Waals surface area contributed by atoms with Gasteiger partial charge in [-0.25, -0.2) is 9.97 Å². The summed E-state index contributed by atoms with van der Waals surface area (Å²) in [7, 11) is 0. The fourth-order valence-corrected chi connectivity index (χ4v) is 3.75. The number of anilines is 2. The highest BCUT2D eigenvalue weighted by molar-refractivity contribution is 6.30. The SMILES string of the molecule is C.CC[C@H](NC(=O)C1(N)CCN(c2ncnc(N)c2C(N)=O)CC1)c1ccc(Cl)cc1. The van der Waals surface area contributed by atoms with Crippen molar-refractivity contribution in [2.45, 2.75) is 45.2 Å². The van der Waals surface area contributed by atoms with Gasteiger partial charge < -0.3 is 27.4 Å². The van der Waals surface area contributed by atoms with Crippen LogP contribution >= 0.6 is 11.6 Å². The summed E-state index contributed by atoms with van der Waals surface area (Å²) in [5, 5.41) is 3.70. The first-order chi connectivity index (χ1) is 14.2. The van der Waals surface area contributed by atoms with Gasteiger partial charge in [0.15, 0.2) is 0 Å². The summed E-state index contributed by atoms with van der Waals surface area (Å²) >= 11 is 5.96. The maximum Gasteiger partial charge on any atom is 0.256 e. The molecule has 2 aromatic rings. The minimum Gasteiger partial charge on any atom is -0.383 e. The molecule has 7 N–H and O–H groups in total. The Balaban J connectivity index is 0.00000341. The van der Waals surface area contributed by atoms with Crippen molar-refractivity contribution in [3.63, 3.8) is 0 Å². The van der Waals surface area contributed by atoms with Crippen LogP contribution in [-0.4, -0.2) is 40.4 Å². The Kier molecular flexibility index (Phi) is 7.80. The maximum absolute atomic E-state index is 13.0. The van der Waals surface area contributed by atoms with Gasteiger partial charge in [-0.05, 0) is 37.0 Å². The van der Waals surface area contributed by atoms with E-state index >= 15 is 0 Å². The molecule has 0 spiro atoms. The molecule has 0 unspecified atom stereocenters. The normalized spacial score (nSPS) is 16.2. The van der Waals surface area contributed by atoms with Crippen LogP contribution in [-0.2, 0) is 4.79 Å². The van der Waals surface area contributed by atoms with E-state index in [9.17, 15) is 9.59 Å². The van der Waals surface area contributed by atoms with Gasteiger partial charge in [0, 0.05) is 18.1 Å². The van der Waals surface area contributed by atoms with Gasteiger partial charge in [-0.3, -0.25) is 9.59 Å². The highest BCUT2D eigenvalue weighted by Gasteiger charge is 2.39. The molecule has 2 heterocycles. The molecule has 0 radical (unpaired) electrons. The number of rotatable bonds is 6. The molecule has 2 amide bonds. The number of nitrogens with one attached hydrogen (secondary N) is 1. The van der Waals surface area contributed by atoms with Gasteiger partial charge in [0.05, 0.1) is 11.6 Å². The van der Waals surface area contributed by atoms with E-state index in [0.717, 1.165) is 12.0 Å². The molecule has 0 aliphatic carbocycles. The zero-order valence-electron chi connectivity index (χ0n) is 16.8. The molecule has 1 fully saturated rings. The van der Waals surface area contributed by atoms with Crippen molar-refractivity contribution in [1.82, 2.24) is 15.3 Å². The second kappa shape index (κ2) is 9.93. The number of amides is 2. The lowest BCUT2D eigenvalue weighted by Gasteiger charge is -2.39. The summed E-state index contributed by atoms with van der Waals surface area (Å²) in [6.45, 7) is 2.85. The number of benzene rings is 1. The van der Waals surface area contributed by atoms with Crippen molar-refractivity contribution in [3.05, 3.63) is 46.7 Å². The van der Waals surface area contributed by atoms with Gasteiger partial charge in [0.25, 0.3) is 5.91 Å². The van der Waals surface area contributed by atoms with Crippen molar-refractivity contribution < 1.29 is 9.59 Å². The van der Waals surface area contributed by atoms with Gasteiger partial charge in [-0.1, -0.05) is 38.1 Å². The third kappa shape index (κ3) is 5.23. The zero-order valence-corrected chi connectivity index (χ0v) is 17.5. The number of hydrogen-bond donors (Lipinski definition) is 4. The smallest absolute Gasteiger partial charge is 0.256 e. The molecular weight excluding hydrogens is 418 g/mol. The average Bonchev–Trinajstić information content (AvgIpc) is 2.72. The maximum atomic E-state index is 13.0. The number of nitrogens with zero attached hydrogens (tertiary/aromatic N) is 3. The number of nitrogen functional groups attached to an aromatic ring is 1. The van der Waals surface area contributed by atoms with Crippen LogP contribution in [0.3, 0.4) is 0 Å². The Bertz CT molecular complexity index is 928. The van der Waals surface area contributed by atoms with Gasteiger partial charge in [-0.15, -0.1) is 0 Å². The Morgan fingerprint density at radius 3 is 2.39 bits per heavy atom. The van der Waals surface area contributed by atoms with Crippen LogP contribution in [0.2, 0.25) is 5.02 Å². The van der Waals surface area contributed by atoms with E-state index in [1.165, 1.54) is 6.33 Å². The highest BCUT2D eigenvalue weighted by atomic mass is 35.5. The molecule has 1 saturated heterocycles. The second-order valence-electron chi connectivity index (χ2n) is 7.45. The van der Waals surface area contributed by atoms with Crippen molar-refractivity contribution in [2.24, 2.45) is 11.5 Å². The largest absolute Gasteiger partial charge is 0.383 e. The third-order valence-electron chi connectivity index (χ3n) is 5.50. The summed E-state index contributed by atoms with van der Waals surface area (Å²) in [6, 6.07) is 7.23. The van der Waals surface area contributed by atoms with Crippen molar-refractivity contribution in [3.8, 4) is 0 Å². The number of carbonyl (C=O) groups excluding carboxylic acids is 2. The highest BCUT2D eigenvalue weighted by Crippen LogP contribution is 2.28. The van der Waals surface area contributed by atoms with Gasteiger partial charge >= 0.3 is 0 Å². The van der Waals surface area contributed by atoms with Gasteiger partial charge in [0.1, 0.15) is 23.5 Å². The monoisotopic (exact) mass is 447 g/mol. The number of hydrogen-bond acceptors (Lipinski definition) is 7. The number of primary amides is 1. The minimum absolute atomic E-state index is 0. The van der Waals surface area contributed by atoms with Crippen LogP contribution in [0.25, 0.3) is 0 Å². The minimum atomic E-state index is -1.03. The lowest BCUT2D eigenvalue weighted by molar-refractivity contribution is -0.127. The van der Waals surface area contributed by atoms with Crippen LogP contribution in [0.15, 0.2) is 30.6 Å². The van der Waals surface area contributed by atoms with Crippen LogP contribution in [0.5, 0.6) is 0 Å². The predicted octanol–water partition coefficient (Wildman–Crippen LogP) is 2.01. The lowest BCUT2D eigenvalue weighted by atomic mass is 9.86. The van der Waals surface area contributed by atoms with E-state index in [0.29, 0.717) is 36.8 Å². The average molecular weight is 448 g/mol. The van der Waals surface area contributed by atoms with Crippen LogP contribution in [0.1, 0.15) is 55.6 Å². The molecule has 3 rings (SSSR count). The summed E-state index contributed by atoms with van der Waals surface area (Å²) in [6.07, 6.45) is 2.78. The van der Waals surface area contributed by atoms with Crippen LogP contribution in [0.4, 0.5) is 11.6 Å². The Morgan fingerprint density at radius 1 is 1.23 bits per heavy atom. The summed E-state index contributed by atoms with van der Waals surface area (Å²) in [5.74, 6) is -0.505. The second-order valence-corrected chi connectivity index (χ2v) is 7.89. The van der Waals surface area contributed by atoms with Crippen molar-refractivity contribution >= 4 is 35.1 Å². The first-order valence-electron chi connectivity index (χ1n) is 9.75. The van der Waals surface area contributed by atoms with E-state index < -0.39 is 11.4 Å². The standard InChI is InChI=1S/C20H26ClN7O2.CH4/c1-2-14(12-3-5-13(21)6-4-12)27-19(30)20(24)7-9-28(10-8-20)18-15(17(23)29)16(22)25-11-26-18;/h3-6,11,14H,2,7-10,24H2,1H3,(H2,23,29)(H,27,30)(H2,22,25,26);1H4/t14-;/m0./s1. The quantitative estimate of drug-likeness (QED) is 0.528. The Morgan fingerprint density at radius 2 is 1.84 bits per heavy atom. The molecule has 31 heavy (non-hydrogen) atoms. The van der Waals surface area contributed by atoms with Gasteiger partial charge in [0.2, 0.25) is 5.91 Å². The lowest BCUT2D eigenvalue weighted by Crippen LogP contribution is -2.60. The predicted molar refractivity (Wildman–Crippen MR) is 123 cm³/mol. The molecule has 10 heteroatoms. The molecule has 0 saturated carbocycles. The number of piperidine rings is 1. The van der Waals surface area contributed by atoms with Crippen molar-refractivity contribution in [2.75, 3.05) is 23.7 Å². The number of nitrogens with two attached hydrogens (primary N) is 3. The van der Waals surface area contributed by atoms with E-state index in [1.807, 2.05) is 24.0 Å². The molecule has 9 nitrogen and oxygen atoms in total. The Hall–Kier alpha value is -2.91. The van der Waals surface area contributed by atoms with Crippen LogP contribution < -0.4 is 27.4 Å². The fraction of sp³-hybridized carbons (Fsp3) is 0.429. The molecule has 1 atom stereocenters. The molecule has 0 bridgehead atoms. The molecule has 1 aromatic heterocycles. The van der Waals surface area contributed by atoms with E-state index in [4.69, 9.17) is 28.8 Å². The summed E-state index contributed by atoms with van der Waals surface area (Å²) in [4.78, 5) is 34.6. The molecule has 1 aliphatic heterocycles. The summed E-state index contributed by atoms with van der Waals surface area (Å²) < 4.78 is 0. The van der Waals surface area contributed by atoms with Crippen LogP contribution in [0, 0.1) is 0 Å². The van der Waals surface area contributed by atoms with E-state index in [2.05, 4.69) is 15.3 Å². The van der Waals surface area contributed by atoms with Crippen molar-refractivity contribution in [1.29, 1.82) is 0 Å². The first kappa shape index (κ1) is 24.4. The zero-order chi connectivity index (χ0) is 21.9. The van der Waals surface area contributed by atoms with E-state index in [-0.39, 0.29) is 30.8 Å². The number of aromatic nitrogens is 2.